The number of carbonyl (C=O) groups is 1. The fourth-order valence-corrected chi connectivity index (χ4v) is 3.40. The van der Waals surface area contributed by atoms with Crippen LogP contribution < -0.4 is 0 Å². The predicted octanol–water partition coefficient (Wildman–Crippen LogP) is 2.20. The highest BCUT2D eigenvalue weighted by Gasteiger charge is 2.27. The second-order valence-corrected chi connectivity index (χ2v) is 5.89. The van der Waals surface area contributed by atoms with Crippen LogP contribution in [0.1, 0.15) is 34.8 Å². The van der Waals surface area contributed by atoms with Gasteiger partial charge in [0.2, 0.25) is 0 Å². The van der Waals surface area contributed by atoms with Crippen molar-refractivity contribution in [2.24, 2.45) is 0 Å². The molecule has 0 radical (unpaired) electrons. The third-order valence-corrected chi connectivity index (χ3v) is 4.31. The largest absolute Gasteiger partial charge is 0.481 e. The van der Waals surface area contributed by atoms with Crippen LogP contribution in [0.4, 0.5) is 0 Å². The Labute approximate surface area is 105 Å². The molecular formula is C12H18N2O2S. The zero-order valence-corrected chi connectivity index (χ0v) is 11.1. The molecule has 1 saturated heterocycles. The average molecular weight is 254 g/mol. The van der Waals surface area contributed by atoms with Gasteiger partial charge in [0, 0.05) is 17.5 Å². The van der Waals surface area contributed by atoms with Crippen molar-refractivity contribution in [1.82, 2.24) is 9.88 Å². The number of aryl methyl sites for hydroxylation is 2. The molecule has 1 aliphatic heterocycles. The van der Waals surface area contributed by atoms with E-state index in [0.717, 1.165) is 36.6 Å². The van der Waals surface area contributed by atoms with Gasteiger partial charge in [0.15, 0.2) is 0 Å². The number of hydrogen-bond acceptors (Lipinski definition) is 4. The Balaban J connectivity index is 2.02. The predicted molar refractivity (Wildman–Crippen MR) is 67.3 cm³/mol. The highest BCUT2D eigenvalue weighted by molar-refractivity contribution is 7.11. The minimum absolute atomic E-state index is 0.203. The fraction of sp³-hybridized carbons (Fsp3) is 0.667. The van der Waals surface area contributed by atoms with E-state index in [1.54, 1.807) is 11.3 Å². The maximum atomic E-state index is 10.8. The Kier molecular flexibility index (Phi) is 3.79. The number of hydrogen-bond donors (Lipinski definition) is 1. The first kappa shape index (κ1) is 12.5. The molecule has 0 spiro atoms. The third kappa shape index (κ3) is 3.04. The van der Waals surface area contributed by atoms with Crippen molar-refractivity contribution < 1.29 is 9.90 Å². The topological polar surface area (TPSA) is 53.4 Å². The van der Waals surface area contributed by atoms with Crippen molar-refractivity contribution in [2.45, 2.75) is 45.7 Å². The molecular weight excluding hydrogens is 236 g/mol. The minimum atomic E-state index is -0.695. The molecule has 1 aliphatic rings. The standard InChI is InChI=1S/C12H18N2O2S/c1-8-11(17-9(2)13-8)7-14-5-3-4-10(14)6-12(15)16/h10H,3-7H2,1-2H3,(H,15,16). The van der Waals surface area contributed by atoms with Gasteiger partial charge in [0.1, 0.15) is 0 Å². The number of rotatable bonds is 4. The zero-order chi connectivity index (χ0) is 12.4. The molecule has 2 rings (SSSR count). The van der Waals surface area contributed by atoms with Crippen LogP contribution in [0.2, 0.25) is 0 Å². The van der Waals surface area contributed by atoms with E-state index in [9.17, 15) is 4.79 Å². The average Bonchev–Trinajstić information content (AvgIpc) is 2.75. The Morgan fingerprint density at radius 2 is 2.35 bits per heavy atom. The number of likely N-dealkylation sites (tertiary alicyclic amines) is 1. The van der Waals surface area contributed by atoms with Gasteiger partial charge in [-0.05, 0) is 33.2 Å². The summed E-state index contributed by atoms with van der Waals surface area (Å²) >= 11 is 1.72. The first-order valence-corrected chi connectivity index (χ1v) is 6.76. The lowest BCUT2D eigenvalue weighted by Gasteiger charge is -2.22. The van der Waals surface area contributed by atoms with Crippen molar-refractivity contribution in [2.75, 3.05) is 6.54 Å². The molecule has 1 aromatic rings. The molecule has 0 bridgehead atoms. The van der Waals surface area contributed by atoms with Crippen LogP contribution in [0.25, 0.3) is 0 Å². The molecule has 1 fully saturated rings. The van der Waals surface area contributed by atoms with E-state index in [2.05, 4.69) is 9.88 Å². The van der Waals surface area contributed by atoms with Gasteiger partial charge in [-0.3, -0.25) is 9.69 Å². The summed E-state index contributed by atoms with van der Waals surface area (Å²) in [5.74, 6) is -0.695. The quantitative estimate of drug-likeness (QED) is 0.895. The molecule has 1 aromatic heterocycles. The molecule has 1 unspecified atom stereocenters. The highest BCUT2D eigenvalue weighted by atomic mass is 32.1. The normalized spacial score (nSPS) is 20.9. The molecule has 2 heterocycles. The van der Waals surface area contributed by atoms with Crippen LogP contribution in [0.15, 0.2) is 0 Å². The molecule has 1 atom stereocenters. The van der Waals surface area contributed by atoms with Crippen molar-refractivity contribution in [3.05, 3.63) is 15.6 Å². The van der Waals surface area contributed by atoms with E-state index >= 15 is 0 Å². The molecule has 0 amide bonds. The summed E-state index contributed by atoms with van der Waals surface area (Å²) < 4.78 is 0. The first-order valence-electron chi connectivity index (χ1n) is 5.95. The highest BCUT2D eigenvalue weighted by Crippen LogP contribution is 2.26. The number of thiazole rings is 1. The molecule has 0 aromatic carbocycles. The number of carboxylic acids is 1. The van der Waals surface area contributed by atoms with Crippen molar-refractivity contribution >= 4 is 17.3 Å². The van der Waals surface area contributed by atoms with Gasteiger partial charge in [-0.1, -0.05) is 0 Å². The van der Waals surface area contributed by atoms with Crippen LogP contribution in [0.3, 0.4) is 0 Å². The molecule has 4 nitrogen and oxygen atoms in total. The van der Waals surface area contributed by atoms with E-state index in [0.29, 0.717) is 0 Å². The SMILES string of the molecule is Cc1nc(C)c(CN2CCCC2CC(=O)O)s1. The van der Waals surface area contributed by atoms with Crippen LogP contribution >= 0.6 is 11.3 Å². The van der Waals surface area contributed by atoms with E-state index in [1.807, 2.05) is 13.8 Å². The van der Waals surface area contributed by atoms with Crippen molar-refractivity contribution in [1.29, 1.82) is 0 Å². The molecule has 17 heavy (non-hydrogen) atoms. The summed E-state index contributed by atoms with van der Waals surface area (Å²) in [7, 11) is 0. The van der Waals surface area contributed by atoms with E-state index < -0.39 is 5.97 Å². The lowest BCUT2D eigenvalue weighted by Crippen LogP contribution is -2.30. The van der Waals surface area contributed by atoms with Crippen LogP contribution in [-0.4, -0.2) is 33.5 Å². The Morgan fingerprint density at radius 1 is 1.59 bits per heavy atom. The number of nitrogens with zero attached hydrogens (tertiary/aromatic N) is 2. The summed E-state index contributed by atoms with van der Waals surface area (Å²) in [4.78, 5) is 18.8. The van der Waals surface area contributed by atoms with Crippen LogP contribution in [0.5, 0.6) is 0 Å². The second-order valence-electron chi connectivity index (χ2n) is 4.61. The van der Waals surface area contributed by atoms with Gasteiger partial charge < -0.3 is 5.11 Å². The van der Waals surface area contributed by atoms with Gasteiger partial charge in [-0.2, -0.15) is 0 Å². The molecule has 0 aliphatic carbocycles. The van der Waals surface area contributed by atoms with E-state index in [1.165, 1.54) is 4.88 Å². The Morgan fingerprint density at radius 3 is 2.94 bits per heavy atom. The van der Waals surface area contributed by atoms with Gasteiger partial charge in [0.25, 0.3) is 0 Å². The van der Waals surface area contributed by atoms with Crippen LogP contribution in [0, 0.1) is 13.8 Å². The first-order chi connectivity index (χ1) is 8.06. The number of aliphatic carboxylic acids is 1. The summed E-state index contributed by atoms with van der Waals surface area (Å²) in [6, 6.07) is 0.203. The van der Waals surface area contributed by atoms with Crippen LogP contribution in [-0.2, 0) is 11.3 Å². The number of aromatic nitrogens is 1. The van der Waals surface area contributed by atoms with Gasteiger partial charge in [-0.15, -0.1) is 11.3 Å². The van der Waals surface area contributed by atoms with Crippen molar-refractivity contribution in [3.63, 3.8) is 0 Å². The maximum absolute atomic E-state index is 10.8. The van der Waals surface area contributed by atoms with Crippen molar-refractivity contribution in [3.8, 4) is 0 Å². The van der Waals surface area contributed by atoms with E-state index in [-0.39, 0.29) is 12.5 Å². The summed E-state index contributed by atoms with van der Waals surface area (Å²) in [6.07, 6.45) is 2.37. The second kappa shape index (κ2) is 5.14. The lowest BCUT2D eigenvalue weighted by molar-refractivity contribution is -0.138. The lowest BCUT2D eigenvalue weighted by atomic mass is 10.1. The Hall–Kier alpha value is -0.940. The minimum Gasteiger partial charge on any atom is -0.481 e. The molecule has 5 heteroatoms. The smallest absolute Gasteiger partial charge is 0.304 e. The van der Waals surface area contributed by atoms with Gasteiger partial charge >= 0.3 is 5.97 Å². The maximum Gasteiger partial charge on any atom is 0.304 e. The van der Waals surface area contributed by atoms with E-state index in [4.69, 9.17) is 5.11 Å². The zero-order valence-electron chi connectivity index (χ0n) is 10.3. The fourth-order valence-electron chi connectivity index (χ4n) is 2.44. The molecule has 0 saturated carbocycles. The Bertz CT molecular complexity index is 417. The van der Waals surface area contributed by atoms with Gasteiger partial charge in [0.05, 0.1) is 17.1 Å². The monoisotopic (exact) mass is 254 g/mol. The summed E-state index contributed by atoms with van der Waals surface area (Å²) in [6.45, 7) is 5.91. The van der Waals surface area contributed by atoms with Gasteiger partial charge in [-0.25, -0.2) is 4.98 Å². The third-order valence-electron chi connectivity index (χ3n) is 3.26. The molecule has 94 valence electrons. The summed E-state index contributed by atoms with van der Waals surface area (Å²) in [5.41, 5.74) is 1.09. The molecule has 1 N–H and O–H groups in total. The number of carboxylic acid groups (broad SMARTS) is 1. The summed E-state index contributed by atoms with van der Waals surface area (Å²) in [5, 5.41) is 9.97.